The molecule has 0 saturated carbocycles. The van der Waals surface area contributed by atoms with Crippen LogP contribution in [0.25, 0.3) is 0 Å². The van der Waals surface area contributed by atoms with Gasteiger partial charge < -0.3 is 10.5 Å². The fourth-order valence-electron chi connectivity index (χ4n) is 1.17. The Bertz CT molecular complexity index is 421. The summed E-state index contributed by atoms with van der Waals surface area (Å²) in [5.74, 6) is -0.182. The number of ether oxygens (including phenoxy) is 1. The van der Waals surface area contributed by atoms with Crippen molar-refractivity contribution in [2.45, 2.75) is 20.3 Å². The fourth-order valence-corrected chi connectivity index (χ4v) is 1.59. The topological polar surface area (TPSA) is 52.3 Å². The fraction of sp³-hybridized carbons (Fsp3) is 0.417. The molecule has 1 atom stereocenters. The zero-order valence-corrected chi connectivity index (χ0v) is 11.3. The Balaban J connectivity index is 2.82. The van der Waals surface area contributed by atoms with E-state index in [0.29, 0.717) is 18.2 Å². The van der Waals surface area contributed by atoms with Gasteiger partial charge >= 0.3 is 5.97 Å². The number of anilines is 1. The molecule has 1 aromatic carbocycles. The summed E-state index contributed by atoms with van der Waals surface area (Å²) in [6.07, 6.45) is 0.943. The van der Waals surface area contributed by atoms with E-state index in [1.54, 1.807) is 0 Å². The first-order chi connectivity index (χ1) is 7.95. The minimum atomic E-state index is -0.496. The Kier molecular flexibility index (Phi) is 5.09. The van der Waals surface area contributed by atoms with Crippen molar-refractivity contribution in [3.05, 3.63) is 27.7 Å². The molecule has 1 aromatic rings. The molecule has 0 aliphatic carbocycles. The van der Waals surface area contributed by atoms with Gasteiger partial charge in [-0.05, 0) is 18.1 Å². The van der Waals surface area contributed by atoms with Crippen molar-refractivity contribution in [1.82, 2.24) is 0 Å². The lowest BCUT2D eigenvalue weighted by atomic mass is 10.1. The Morgan fingerprint density at radius 1 is 1.47 bits per heavy atom. The molecule has 0 amide bonds. The summed E-state index contributed by atoms with van der Waals surface area (Å²) in [5, 5.41) is 0.428. The molecule has 0 saturated heterocycles. The average molecular weight is 276 g/mol. The first-order valence-corrected chi connectivity index (χ1v) is 6.13. The molecule has 94 valence electrons. The molecule has 0 fully saturated rings. The van der Waals surface area contributed by atoms with Crippen LogP contribution in [0.3, 0.4) is 0 Å². The van der Waals surface area contributed by atoms with Crippen molar-refractivity contribution in [2.24, 2.45) is 5.92 Å². The maximum Gasteiger partial charge on any atom is 0.339 e. The lowest BCUT2D eigenvalue weighted by Crippen LogP contribution is -2.12. The molecule has 0 heterocycles. The van der Waals surface area contributed by atoms with E-state index in [1.807, 2.05) is 13.8 Å². The largest absolute Gasteiger partial charge is 0.462 e. The number of hydrogen-bond acceptors (Lipinski definition) is 3. The number of nitrogen functional groups attached to an aromatic ring is 1. The zero-order valence-electron chi connectivity index (χ0n) is 9.80. The standard InChI is InChI=1S/C12H15Cl2NO2/c1-3-7(2)6-17-12(16)9-4-8(15)5-10(13)11(9)14/h4-5,7H,3,6,15H2,1-2H3. The lowest BCUT2D eigenvalue weighted by Gasteiger charge is -2.11. The van der Waals surface area contributed by atoms with Crippen LogP contribution in [0.4, 0.5) is 5.69 Å². The smallest absolute Gasteiger partial charge is 0.339 e. The van der Waals surface area contributed by atoms with Crippen molar-refractivity contribution < 1.29 is 9.53 Å². The Hall–Kier alpha value is -0.930. The van der Waals surface area contributed by atoms with E-state index in [1.165, 1.54) is 12.1 Å². The number of hydrogen-bond donors (Lipinski definition) is 1. The van der Waals surface area contributed by atoms with Gasteiger partial charge in [0, 0.05) is 5.69 Å². The normalized spacial score (nSPS) is 12.2. The molecule has 3 nitrogen and oxygen atoms in total. The van der Waals surface area contributed by atoms with Crippen LogP contribution in [0.1, 0.15) is 30.6 Å². The van der Waals surface area contributed by atoms with E-state index < -0.39 is 5.97 Å². The van der Waals surface area contributed by atoms with E-state index in [4.69, 9.17) is 33.7 Å². The van der Waals surface area contributed by atoms with Crippen LogP contribution in [-0.4, -0.2) is 12.6 Å². The van der Waals surface area contributed by atoms with Crippen LogP contribution >= 0.6 is 23.2 Å². The van der Waals surface area contributed by atoms with E-state index in [2.05, 4.69) is 0 Å². The van der Waals surface area contributed by atoms with Crippen LogP contribution in [0.2, 0.25) is 10.0 Å². The quantitative estimate of drug-likeness (QED) is 0.672. The molecule has 5 heteroatoms. The third kappa shape index (κ3) is 3.79. The zero-order chi connectivity index (χ0) is 13.0. The first kappa shape index (κ1) is 14.1. The van der Waals surface area contributed by atoms with E-state index in [9.17, 15) is 4.79 Å². The minimum Gasteiger partial charge on any atom is -0.462 e. The van der Waals surface area contributed by atoms with Crippen LogP contribution in [-0.2, 0) is 4.74 Å². The van der Waals surface area contributed by atoms with Crippen molar-refractivity contribution >= 4 is 34.9 Å². The number of rotatable bonds is 4. The van der Waals surface area contributed by atoms with Crippen molar-refractivity contribution in [3.8, 4) is 0 Å². The van der Waals surface area contributed by atoms with Gasteiger partial charge in [0.15, 0.2) is 0 Å². The summed E-state index contributed by atoms with van der Waals surface area (Å²) in [6, 6.07) is 2.96. The Morgan fingerprint density at radius 2 is 2.12 bits per heavy atom. The SMILES string of the molecule is CCC(C)COC(=O)c1cc(N)cc(Cl)c1Cl. The molecule has 0 aliphatic heterocycles. The van der Waals surface area contributed by atoms with E-state index in [0.717, 1.165) is 6.42 Å². The van der Waals surface area contributed by atoms with Gasteiger partial charge in [0.05, 0.1) is 22.2 Å². The van der Waals surface area contributed by atoms with Crippen LogP contribution in [0.5, 0.6) is 0 Å². The summed E-state index contributed by atoms with van der Waals surface area (Å²) >= 11 is 11.8. The van der Waals surface area contributed by atoms with Crippen molar-refractivity contribution in [1.29, 1.82) is 0 Å². The summed E-state index contributed by atoms with van der Waals surface area (Å²) in [7, 11) is 0. The second kappa shape index (κ2) is 6.12. The predicted molar refractivity (Wildman–Crippen MR) is 70.6 cm³/mol. The number of carbonyl (C=O) groups is 1. The highest BCUT2D eigenvalue weighted by atomic mass is 35.5. The summed E-state index contributed by atoms with van der Waals surface area (Å²) in [4.78, 5) is 11.8. The molecule has 2 N–H and O–H groups in total. The number of halogens is 2. The van der Waals surface area contributed by atoms with Gasteiger partial charge in [-0.3, -0.25) is 0 Å². The molecule has 0 aromatic heterocycles. The molecule has 0 spiro atoms. The second-order valence-electron chi connectivity index (χ2n) is 3.98. The third-order valence-electron chi connectivity index (χ3n) is 2.47. The van der Waals surface area contributed by atoms with Gasteiger partial charge in [-0.1, -0.05) is 43.5 Å². The number of carbonyl (C=O) groups excluding carboxylic acids is 1. The molecule has 0 bridgehead atoms. The Labute approximate surface area is 111 Å². The van der Waals surface area contributed by atoms with Crippen molar-refractivity contribution in [2.75, 3.05) is 12.3 Å². The second-order valence-corrected chi connectivity index (χ2v) is 4.76. The number of esters is 1. The third-order valence-corrected chi connectivity index (χ3v) is 3.27. The molecular weight excluding hydrogens is 261 g/mol. The van der Waals surface area contributed by atoms with Crippen LogP contribution < -0.4 is 5.73 Å². The monoisotopic (exact) mass is 275 g/mol. The summed E-state index contributed by atoms with van der Waals surface area (Å²) < 4.78 is 5.13. The molecule has 1 unspecified atom stereocenters. The Morgan fingerprint density at radius 3 is 2.71 bits per heavy atom. The molecule has 17 heavy (non-hydrogen) atoms. The molecule has 1 rings (SSSR count). The highest BCUT2D eigenvalue weighted by Gasteiger charge is 2.16. The highest BCUT2D eigenvalue weighted by molar-refractivity contribution is 6.44. The van der Waals surface area contributed by atoms with Crippen molar-refractivity contribution in [3.63, 3.8) is 0 Å². The van der Waals surface area contributed by atoms with Gasteiger partial charge in [0.1, 0.15) is 0 Å². The number of nitrogens with two attached hydrogens (primary N) is 1. The van der Waals surface area contributed by atoms with Gasteiger partial charge in [0.25, 0.3) is 0 Å². The molecule has 0 aliphatic rings. The van der Waals surface area contributed by atoms with E-state index >= 15 is 0 Å². The van der Waals surface area contributed by atoms with Gasteiger partial charge in [0.2, 0.25) is 0 Å². The highest BCUT2D eigenvalue weighted by Crippen LogP contribution is 2.29. The van der Waals surface area contributed by atoms with E-state index in [-0.39, 0.29) is 15.6 Å². The lowest BCUT2D eigenvalue weighted by molar-refractivity contribution is 0.0447. The van der Waals surface area contributed by atoms with Gasteiger partial charge in [-0.15, -0.1) is 0 Å². The maximum absolute atomic E-state index is 11.8. The maximum atomic E-state index is 11.8. The van der Waals surface area contributed by atoms with Gasteiger partial charge in [-0.2, -0.15) is 0 Å². The predicted octanol–water partition coefficient (Wildman–Crippen LogP) is 3.78. The van der Waals surface area contributed by atoms with Gasteiger partial charge in [-0.25, -0.2) is 4.79 Å². The molecule has 0 radical (unpaired) electrons. The van der Waals surface area contributed by atoms with Crippen LogP contribution in [0, 0.1) is 5.92 Å². The van der Waals surface area contributed by atoms with Crippen LogP contribution in [0.15, 0.2) is 12.1 Å². The number of benzene rings is 1. The minimum absolute atomic E-state index is 0.176. The first-order valence-electron chi connectivity index (χ1n) is 5.37. The summed E-state index contributed by atoms with van der Waals surface area (Å²) in [6.45, 7) is 4.39. The molecular formula is C12H15Cl2NO2. The average Bonchev–Trinajstić information content (AvgIpc) is 2.30. The summed E-state index contributed by atoms with van der Waals surface area (Å²) in [5.41, 5.74) is 6.19.